The Bertz CT molecular complexity index is 571. The molecular formula is C22H32O2. The molecule has 0 aromatic rings. The molecule has 4 rings (SSSR count). The van der Waals surface area contributed by atoms with Gasteiger partial charge in [-0.1, -0.05) is 38.0 Å². The van der Waals surface area contributed by atoms with Gasteiger partial charge in [-0.05, 0) is 73.7 Å². The van der Waals surface area contributed by atoms with Gasteiger partial charge < -0.3 is 4.79 Å². The molecule has 2 saturated carbocycles. The third kappa shape index (κ3) is 2.93. The van der Waals surface area contributed by atoms with Gasteiger partial charge in [-0.3, -0.25) is 4.79 Å². The molecule has 0 radical (unpaired) electrons. The van der Waals surface area contributed by atoms with Crippen LogP contribution in [0.2, 0.25) is 0 Å². The summed E-state index contributed by atoms with van der Waals surface area (Å²) in [6, 6.07) is 0. The summed E-state index contributed by atoms with van der Waals surface area (Å²) in [5.41, 5.74) is 3.63. The van der Waals surface area contributed by atoms with Crippen LogP contribution in [-0.2, 0) is 9.59 Å². The second kappa shape index (κ2) is 6.98. The molecular weight excluding hydrogens is 296 g/mol. The third-order valence-electron chi connectivity index (χ3n) is 7.21. The lowest BCUT2D eigenvalue weighted by Crippen LogP contribution is -2.45. The van der Waals surface area contributed by atoms with Crippen LogP contribution >= 0.6 is 0 Å². The van der Waals surface area contributed by atoms with Gasteiger partial charge in [-0.2, -0.15) is 0 Å². The smallest absolute Gasteiger partial charge is 0.155 e. The van der Waals surface area contributed by atoms with Gasteiger partial charge in [0.2, 0.25) is 0 Å². The van der Waals surface area contributed by atoms with Crippen LogP contribution in [0.5, 0.6) is 0 Å². The average Bonchev–Trinajstić information content (AvgIpc) is 2.97. The Morgan fingerprint density at radius 1 is 1.21 bits per heavy atom. The Kier molecular flexibility index (Phi) is 5.13. The number of ketones is 1. The summed E-state index contributed by atoms with van der Waals surface area (Å²) in [5.74, 6) is 3.77. The van der Waals surface area contributed by atoms with Crippen molar-refractivity contribution in [3.8, 4) is 0 Å². The summed E-state index contributed by atoms with van der Waals surface area (Å²) in [6.07, 6.45) is 14.5. The molecule has 0 aliphatic heterocycles. The number of aldehydes is 1. The summed E-state index contributed by atoms with van der Waals surface area (Å²) in [4.78, 5) is 20.9. The van der Waals surface area contributed by atoms with Crippen molar-refractivity contribution < 1.29 is 9.59 Å². The second-order valence-electron chi connectivity index (χ2n) is 8.48. The minimum absolute atomic E-state index is 0.328. The Morgan fingerprint density at radius 2 is 1.96 bits per heavy atom. The molecule has 0 heterocycles. The quantitative estimate of drug-likeness (QED) is 0.485. The van der Waals surface area contributed by atoms with E-state index in [-0.39, 0.29) is 0 Å². The zero-order valence-electron chi connectivity index (χ0n) is 15.5. The van der Waals surface area contributed by atoms with E-state index in [1.807, 2.05) is 18.6 Å². The Morgan fingerprint density at radius 3 is 2.67 bits per heavy atom. The largest absolute Gasteiger partial charge is 0.303 e. The molecule has 24 heavy (non-hydrogen) atoms. The SMILES string of the molecule is CC1CC=C2C1CCC1C2CCC2=CC(=O)CCC21C.CCC=O. The normalized spacial score (nSPS) is 40.2. The van der Waals surface area contributed by atoms with E-state index in [2.05, 4.69) is 19.9 Å². The van der Waals surface area contributed by atoms with Gasteiger partial charge in [0.05, 0.1) is 0 Å². The lowest BCUT2D eigenvalue weighted by molar-refractivity contribution is -0.116. The van der Waals surface area contributed by atoms with Crippen molar-refractivity contribution in [2.24, 2.45) is 29.1 Å². The van der Waals surface area contributed by atoms with Crippen molar-refractivity contribution in [1.82, 2.24) is 0 Å². The first-order valence-corrected chi connectivity index (χ1v) is 9.88. The lowest BCUT2D eigenvalue weighted by Gasteiger charge is -2.53. The summed E-state index contributed by atoms with van der Waals surface area (Å²) >= 11 is 0. The van der Waals surface area contributed by atoms with Crippen LogP contribution in [0, 0.1) is 29.1 Å². The number of carbonyl (C=O) groups excluding carboxylic acids is 2. The van der Waals surface area contributed by atoms with E-state index in [0.717, 1.165) is 42.8 Å². The highest BCUT2D eigenvalue weighted by atomic mass is 16.1. The molecule has 4 aliphatic rings. The highest BCUT2D eigenvalue weighted by Crippen LogP contribution is 2.61. The summed E-state index contributed by atoms with van der Waals surface area (Å²) in [7, 11) is 0. The molecule has 0 N–H and O–H groups in total. The Hall–Kier alpha value is -1.18. The Labute approximate surface area is 146 Å². The van der Waals surface area contributed by atoms with E-state index in [4.69, 9.17) is 0 Å². The van der Waals surface area contributed by atoms with Crippen LogP contribution in [0.4, 0.5) is 0 Å². The zero-order chi connectivity index (χ0) is 17.3. The maximum absolute atomic E-state index is 11.8. The number of rotatable bonds is 1. The highest BCUT2D eigenvalue weighted by Gasteiger charge is 2.51. The standard InChI is InChI=1S/C19H26O.C3H6O/c1-12-3-5-16-15(12)7-8-18-17(16)6-4-13-11-14(20)9-10-19(13,18)2;1-2-3-4/h5,11-12,15,17-18H,3-4,6-10H2,1-2H3;3H,2H2,1H3. The molecule has 5 atom stereocenters. The van der Waals surface area contributed by atoms with Gasteiger partial charge in [0.25, 0.3) is 0 Å². The van der Waals surface area contributed by atoms with Crippen molar-refractivity contribution in [2.75, 3.05) is 0 Å². The topological polar surface area (TPSA) is 34.1 Å². The molecule has 0 aromatic heterocycles. The van der Waals surface area contributed by atoms with Crippen molar-refractivity contribution >= 4 is 12.1 Å². The fourth-order valence-electron chi connectivity index (χ4n) is 5.83. The predicted molar refractivity (Wildman–Crippen MR) is 97.6 cm³/mol. The molecule has 5 unspecified atom stereocenters. The average molecular weight is 328 g/mol. The molecule has 132 valence electrons. The van der Waals surface area contributed by atoms with E-state index < -0.39 is 0 Å². The van der Waals surface area contributed by atoms with Gasteiger partial charge >= 0.3 is 0 Å². The third-order valence-corrected chi connectivity index (χ3v) is 7.21. The van der Waals surface area contributed by atoms with Gasteiger partial charge in [0, 0.05) is 12.8 Å². The highest BCUT2D eigenvalue weighted by molar-refractivity contribution is 5.91. The van der Waals surface area contributed by atoms with Crippen LogP contribution in [-0.4, -0.2) is 12.1 Å². The van der Waals surface area contributed by atoms with Gasteiger partial charge in [-0.15, -0.1) is 0 Å². The van der Waals surface area contributed by atoms with Crippen LogP contribution in [0.25, 0.3) is 0 Å². The maximum atomic E-state index is 11.8. The lowest BCUT2D eigenvalue weighted by atomic mass is 9.51. The molecule has 0 bridgehead atoms. The molecule has 0 spiro atoms. The van der Waals surface area contributed by atoms with Gasteiger partial charge in [-0.25, -0.2) is 0 Å². The zero-order valence-corrected chi connectivity index (χ0v) is 15.5. The fraction of sp³-hybridized carbons (Fsp3) is 0.727. The second-order valence-corrected chi connectivity index (χ2v) is 8.48. The first-order chi connectivity index (χ1) is 11.5. The maximum Gasteiger partial charge on any atom is 0.155 e. The van der Waals surface area contributed by atoms with Crippen LogP contribution in [0.15, 0.2) is 23.3 Å². The number of allylic oxidation sites excluding steroid dienone is 4. The molecule has 2 nitrogen and oxygen atoms in total. The van der Waals surface area contributed by atoms with E-state index in [9.17, 15) is 9.59 Å². The summed E-state index contributed by atoms with van der Waals surface area (Å²) < 4.78 is 0. The monoisotopic (exact) mass is 328 g/mol. The number of carbonyl (C=O) groups is 2. The molecule has 0 saturated heterocycles. The summed E-state index contributed by atoms with van der Waals surface area (Å²) in [6.45, 7) is 6.71. The molecule has 0 aromatic carbocycles. The molecule has 0 amide bonds. The number of hydrogen-bond acceptors (Lipinski definition) is 2. The van der Waals surface area contributed by atoms with Crippen molar-refractivity contribution in [2.45, 2.75) is 72.1 Å². The van der Waals surface area contributed by atoms with Crippen molar-refractivity contribution in [3.05, 3.63) is 23.3 Å². The van der Waals surface area contributed by atoms with E-state index in [0.29, 0.717) is 17.6 Å². The number of hydrogen-bond donors (Lipinski definition) is 0. The summed E-state index contributed by atoms with van der Waals surface area (Å²) in [5, 5.41) is 0. The van der Waals surface area contributed by atoms with Crippen LogP contribution in [0.3, 0.4) is 0 Å². The first-order valence-electron chi connectivity index (χ1n) is 9.88. The van der Waals surface area contributed by atoms with Gasteiger partial charge in [0.1, 0.15) is 6.29 Å². The molecule has 4 aliphatic carbocycles. The van der Waals surface area contributed by atoms with Crippen molar-refractivity contribution in [3.63, 3.8) is 0 Å². The first kappa shape index (κ1) is 17.6. The van der Waals surface area contributed by atoms with E-state index in [1.54, 1.807) is 0 Å². The predicted octanol–water partition coefficient (Wildman–Crippen LogP) is 5.28. The van der Waals surface area contributed by atoms with Crippen LogP contribution in [0.1, 0.15) is 72.1 Å². The fourth-order valence-corrected chi connectivity index (χ4v) is 5.83. The van der Waals surface area contributed by atoms with E-state index >= 15 is 0 Å². The van der Waals surface area contributed by atoms with Crippen molar-refractivity contribution in [1.29, 1.82) is 0 Å². The minimum atomic E-state index is 0.328. The van der Waals surface area contributed by atoms with Gasteiger partial charge in [0.15, 0.2) is 5.78 Å². The Balaban J connectivity index is 0.000000383. The van der Waals surface area contributed by atoms with E-state index in [1.165, 1.54) is 37.7 Å². The molecule has 2 fully saturated rings. The van der Waals surface area contributed by atoms with Crippen LogP contribution < -0.4 is 0 Å². The number of fused-ring (bicyclic) bond motifs is 5. The minimum Gasteiger partial charge on any atom is -0.303 e. The molecule has 2 heteroatoms.